The Morgan fingerprint density at radius 3 is 2.82 bits per heavy atom. The van der Waals surface area contributed by atoms with Crippen LogP contribution in [0.1, 0.15) is 5.56 Å². The van der Waals surface area contributed by atoms with Crippen LogP contribution in [0.25, 0.3) is 0 Å². The second-order valence-electron chi connectivity index (χ2n) is 4.65. The normalized spacial score (nSPS) is 10.1. The second-order valence-corrected chi connectivity index (χ2v) is 5.97. The van der Waals surface area contributed by atoms with Crippen molar-refractivity contribution in [3.63, 3.8) is 0 Å². The molecule has 0 unspecified atom stereocenters. The summed E-state index contributed by atoms with van der Waals surface area (Å²) in [4.78, 5) is 11.7. The third-order valence-electron chi connectivity index (χ3n) is 2.87. The first-order valence-corrected chi connectivity index (χ1v) is 7.91. The molecule has 0 atom stereocenters. The van der Waals surface area contributed by atoms with Gasteiger partial charge in [-0.1, -0.05) is 33.6 Å². The fraction of sp³-hybridized carbons (Fsp3) is 0.188. The van der Waals surface area contributed by atoms with Gasteiger partial charge in [-0.25, -0.2) is 4.79 Å². The molecular formula is C16H16BrClN2O2. The largest absolute Gasteiger partial charge is 0.492 e. The molecule has 22 heavy (non-hydrogen) atoms. The quantitative estimate of drug-likeness (QED) is 0.741. The van der Waals surface area contributed by atoms with Gasteiger partial charge >= 0.3 is 6.03 Å². The molecule has 2 rings (SSSR count). The van der Waals surface area contributed by atoms with Crippen molar-refractivity contribution in [2.75, 3.05) is 18.5 Å². The maximum absolute atomic E-state index is 11.7. The van der Waals surface area contributed by atoms with Crippen molar-refractivity contribution < 1.29 is 9.53 Å². The van der Waals surface area contributed by atoms with E-state index in [0.29, 0.717) is 18.2 Å². The number of nitrogens with one attached hydrogen (secondary N) is 2. The summed E-state index contributed by atoms with van der Waals surface area (Å²) in [5.41, 5.74) is 1.68. The number of aryl methyl sites for hydroxylation is 1. The number of anilines is 1. The minimum absolute atomic E-state index is 0.269. The van der Waals surface area contributed by atoms with Crippen molar-refractivity contribution >= 4 is 39.2 Å². The SMILES string of the molecule is Cc1cc(OCCNC(=O)Nc2cccc(Br)c2)ccc1Cl. The van der Waals surface area contributed by atoms with E-state index in [0.717, 1.165) is 21.5 Å². The molecule has 0 fully saturated rings. The van der Waals surface area contributed by atoms with Crippen LogP contribution >= 0.6 is 27.5 Å². The second kappa shape index (κ2) is 8.06. The lowest BCUT2D eigenvalue weighted by Gasteiger charge is -2.10. The van der Waals surface area contributed by atoms with E-state index in [2.05, 4.69) is 26.6 Å². The summed E-state index contributed by atoms with van der Waals surface area (Å²) in [6.07, 6.45) is 0. The monoisotopic (exact) mass is 382 g/mol. The molecule has 0 heterocycles. The molecule has 0 bridgehead atoms. The molecule has 0 saturated carbocycles. The van der Waals surface area contributed by atoms with Crippen molar-refractivity contribution in [2.24, 2.45) is 0 Å². The molecule has 4 nitrogen and oxygen atoms in total. The van der Waals surface area contributed by atoms with Crippen LogP contribution in [-0.2, 0) is 0 Å². The van der Waals surface area contributed by atoms with Crippen molar-refractivity contribution in [3.8, 4) is 5.75 Å². The first-order valence-electron chi connectivity index (χ1n) is 6.74. The van der Waals surface area contributed by atoms with E-state index in [1.54, 1.807) is 12.1 Å². The fourth-order valence-corrected chi connectivity index (χ4v) is 2.30. The summed E-state index contributed by atoms with van der Waals surface area (Å²) in [5.74, 6) is 0.732. The first kappa shape index (κ1) is 16.6. The zero-order valence-electron chi connectivity index (χ0n) is 12.0. The van der Waals surface area contributed by atoms with Crippen LogP contribution in [0.15, 0.2) is 46.9 Å². The molecule has 0 aliphatic heterocycles. The van der Waals surface area contributed by atoms with Crippen molar-refractivity contribution in [1.29, 1.82) is 0 Å². The lowest BCUT2D eigenvalue weighted by molar-refractivity contribution is 0.247. The van der Waals surface area contributed by atoms with E-state index in [4.69, 9.17) is 16.3 Å². The van der Waals surface area contributed by atoms with Gasteiger partial charge in [0.05, 0.1) is 6.54 Å². The van der Waals surface area contributed by atoms with E-state index in [1.807, 2.05) is 37.3 Å². The van der Waals surface area contributed by atoms with E-state index in [-0.39, 0.29) is 6.03 Å². The number of halogens is 2. The fourth-order valence-electron chi connectivity index (χ4n) is 1.78. The zero-order chi connectivity index (χ0) is 15.9. The van der Waals surface area contributed by atoms with Crippen LogP contribution in [0.3, 0.4) is 0 Å². The van der Waals surface area contributed by atoms with Crippen LogP contribution in [0, 0.1) is 6.92 Å². The molecule has 0 aliphatic rings. The predicted octanol–water partition coefficient (Wildman–Crippen LogP) is 4.61. The van der Waals surface area contributed by atoms with Gasteiger partial charge in [-0.15, -0.1) is 0 Å². The number of benzene rings is 2. The molecule has 116 valence electrons. The number of carbonyl (C=O) groups is 1. The number of hydrogen-bond donors (Lipinski definition) is 2. The summed E-state index contributed by atoms with van der Waals surface area (Å²) < 4.78 is 6.46. The molecule has 2 aromatic carbocycles. The molecule has 0 aliphatic carbocycles. The summed E-state index contributed by atoms with van der Waals surface area (Å²) in [5, 5.41) is 6.18. The highest BCUT2D eigenvalue weighted by molar-refractivity contribution is 9.10. The summed E-state index contributed by atoms with van der Waals surface area (Å²) >= 11 is 9.30. The zero-order valence-corrected chi connectivity index (χ0v) is 14.4. The van der Waals surface area contributed by atoms with Gasteiger partial charge in [-0.2, -0.15) is 0 Å². The lowest BCUT2D eigenvalue weighted by atomic mass is 10.2. The Kier molecular flexibility index (Phi) is 6.10. The molecule has 0 radical (unpaired) electrons. The van der Waals surface area contributed by atoms with E-state index < -0.39 is 0 Å². The van der Waals surface area contributed by atoms with Crippen LogP contribution in [0.4, 0.5) is 10.5 Å². The number of urea groups is 1. The molecule has 0 saturated heterocycles. The van der Waals surface area contributed by atoms with Crippen molar-refractivity contribution in [2.45, 2.75) is 6.92 Å². The van der Waals surface area contributed by atoms with Gasteiger partial charge in [0.2, 0.25) is 0 Å². The van der Waals surface area contributed by atoms with Gasteiger partial charge < -0.3 is 15.4 Å². The van der Waals surface area contributed by atoms with E-state index >= 15 is 0 Å². The number of amides is 2. The summed E-state index contributed by atoms with van der Waals surface area (Å²) in [6, 6.07) is 12.6. The Morgan fingerprint density at radius 2 is 2.09 bits per heavy atom. The van der Waals surface area contributed by atoms with Gasteiger partial charge in [0.1, 0.15) is 12.4 Å². The maximum Gasteiger partial charge on any atom is 0.319 e. The third-order valence-corrected chi connectivity index (χ3v) is 3.79. The van der Waals surface area contributed by atoms with Gasteiger partial charge in [0, 0.05) is 15.2 Å². The Bertz CT molecular complexity index is 664. The average molecular weight is 384 g/mol. The molecule has 0 spiro atoms. The van der Waals surface area contributed by atoms with Crippen molar-refractivity contribution in [1.82, 2.24) is 5.32 Å². The topological polar surface area (TPSA) is 50.4 Å². The summed E-state index contributed by atoms with van der Waals surface area (Å²) in [6.45, 7) is 2.70. The van der Waals surface area contributed by atoms with Crippen molar-refractivity contribution in [3.05, 3.63) is 57.5 Å². The van der Waals surface area contributed by atoms with Crippen LogP contribution in [-0.4, -0.2) is 19.2 Å². The van der Waals surface area contributed by atoms with E-state index in [9.17, 15) is 4.79 Å². The highest BCUT2D eigenvalue weighted by Crippen LogP contribution is 2.20. The minimum atomic E-state index is -0.269. The molecule has 2 amide bonds. The molecular weight excluding hydrogens is 368 g/mol. The lowest BCUT2D eigenvalue weighted by Crippen LogP contribution is -2.32. The van der Waals surface area contributed by atoms with Crippen LogP contribution in [0.2, 0.25) is 5.02 Å². The number of rotatable bonds is 5. The smallest absolute Gasteiger partial charge is 0.319 e. The van der Waals surface area contributed by atoms with Gasteiger partial charge in [-0.3, -0.25) is 0 Å². The Hall–Kier alpha value is -1.72. The maximum atomic E-state index is 11.7. The first-order chi connectivity index (χ1) is 10.5. The standard InChI is InChI=1S/C16H16BrClN2O2/c1-11-9-14(5-6-15(11)18)22-8-7-19-16(21)20-13-4-2-3-12(17)10-13/h2-6,9-10H,7-8H2,1H3,(H2,19,20,21). The van der Waals surface area contributed by atoms with Crippen LogP contribution in [0.5, 0.6) is 5.75 Å². The van der Waals surface area contributed by atoms with Crippen LogP contribution < -0.4 is 15.4 Å². The number of hydrogen-bond acceptors (Lipinski definition) is 2. The molecule has 6 heteroatoms. The Balaban J connectivity index is 1.72. The molecule has 0 aromatic heterocycles. The highest BCUT2D eigenvalue weighted by atomic mass is 79.9. The number of ether oxygens (including phenoxy) is 1. The molecule has 2 N–H and O–H groups in total. The van der Waals surface area contributed by atoms with E-state index in [1.165, 1.54) is 0 Å². The Morgan fingerprint density at radius 1 is 1.27 bits per heavy atom. The van der Waals surface area contributed by atoms with Gasteiger partial charge in [-0.05, 0) is 48.9 Å². The average Bonchev–Trinajstić information content (AvgIpc) is 2.47. The molecule has 2 aromatic rings. The minimum Gasteiger partial charge on any atom is -0.492 e. The van der Waals surface area contributed by atoms with Gasteiger partial charge in [0.15, 0.2) is 0 Å². The predicted molar refractivity (Wildman–Crippen MR) is 92.8 cm³/mol. The van der Waals surface area contributed by atoms with Gasteiger partial charge in [0.25, 0.3) is 0 Å². The number of carbonyl (C=O) groups excluding carboxylic acids is 1. The highest BCUT2D eigenvalue weighted by Gasteiger charge is 2.02. The Labute approximate surface area is 142 Å². The third kappa shape index (κ3) is 5.24. The summed E-state index contributed by atoms with van der Waals surface area (Å²) in [7, 11) is 0.